The smallest absolute Gasteiger partial charge is 0.351 e. The fourth-order valence-corrected chi connectivity index (χ4v) is 2.99. The van der Waals surface area contributed by atoms with Crippen molar-refractivity contribution >= 4 is 11.8 Å². The van der Waals surface area contributed by atoms with Crippen molar-refractivity contribution in [3.05, 3.63) is 58.6 Å². The maximum atomic E-state index is 13.9. The van der Waals surface area contributed by atoms with Crippen molar-refractivity contribution in [1.82, 2.24) is 9.55 Å². The van der Waals surface area contributed by atoms with Crippen molar-refractivity contribution in [3.8, 4) is 0 Å². The Bertz CT molecular complexity index is 842. The number of esters is 1. The number of benzene rings is 1. The van der Waals surface area contributed by atoms with Crippen LogP contribution in [-0.4, -0.2) is 34.4 Å². The summed E-state index contributed by atoms with van der Waals surface area (Å²) in [6, 6.07) is 9.92. The van der Waals surface area contributed by atoms with Crippen LogP contribution in [0.3, 0.4) is 0 Å². The highest BCUT2D eigenvalue weighted by Crippen LogP contribution is 2.41. The maximum Gasteiger partial charge on any atom is 0.351 e. The molecule has 0 radical (unpaired) electrons. The molecule has 3 rings (SSSR count). The number of alkyl halides is 1. The molecule has 0 bridgehead atoms. The lowest BCUT2D eigenvalue weighted by molar-refractivity contribution is -0.123. The number of carbonyl (C=O) groups is 1. The molecule has 1 aromatic carbocycles. The highest BCUT2D eigenvalue weighted by Gasteiger charge is 2.48. The molecule has 0 saturated carbocycles. The van der Waals surface area contributed by atoms with Gasteiger partial charge in [-0.2, -0.15) is 4.98 Å². The molecule has 2 heterocycles. The molecule has 26 heavy (non-hydrogen) atoms. The highest BCUT2D eigenvalue weighted by atomic mass is 19.1. The minimum absolute atomic E-state index is 0.103. The number of nitrogens with zero attached hydrogens (tertiary/aromatic N) is 2. The van der Waals surface area contributed by atoms with Crippen molar-refractivity contribution in [2.75, 3.05) is 19.0 Å². The summed E-state index contributed by atoms with van der Waals surface area (Å²) in [6.07, 6.45) is 1.15. The standard InChI is InChI=1S/C18H20FN3O4/c1-12-9-15(22-8-7-14(20)21-17(22)24)26-18(12,10-19)11-25-16(23)13-5-3-2-4-6-13/h2-8,12,15H,9-11H2,1H3,(H2,20,21,24)/t12?,15?,18-/m1/s1. The number of anilines is 1. The first kappa shape index (κ1) is 18.1. The van der Waals surface area contributed by atoms with Crippen LogP contribution < -0.4 is 11.4 Å². The number of hydrogen-bond acceptors (Lipinski definition) is 6. The van der Waals surface area contributed by atoms with E-state index in [0.29, 0.717) is 12.0 Å². The van der Waals surface area contributed by atoms with E-state index in [0.717, 1.165) is 0 Å². The molecule has 1 aromatic heterocycles. The lowest BCUT2D eigenvalue weighted by Crippen LogP contribution is -2.43. The lowest BCUT2D eigenvalue weighted by atomic mass is 9.90. The van der Waals surface area contributed by atoms with Crippen molar-refractivity contribution in [2.45, 2.75) is 25.2 Å². The first-order chi connectivity index (χ1) is 12.4. The molecule has 1 aliphatic heterocycles. The Morgan fingerprint density at radius 2 is 2.15 bits per heavy atom. The van der Waals surface area contributed by atoms with Gasteiger partial charge in [0.15, 0.2) is 0 Å². The van der Waals surface area contributed by atoms with Crippen LogP contribution in [0.5, 0.6) is 0 Å². The number of nitrogens with two attached hydrogens (primary N) is 1. The first-order valence-corrected chi connectivity index (χ1v) is 8.26. The molecule has 1 aliphatic rings. The van der Waals surface area contributed by atoms with Crippen molar-refractivity contribution in [1.29, 1.82) is 0 Å². The summed E-state index contributed by atoms with van der Waals surface area (Å²) in [5.41, 5.74) is 3.98. The number of aromatic nitrogens is 2. The van der Waals surface area contributed by atoms with Crippen LogP contribution in [0.4, 0.5) is 10.2 Å². The molecule has 2 unspecified atom stereocenters. The molecule has 0 amide bonds. The molecule has 0 spiro atoms. The number of rotatable bonds is 5. The van der Waals surface area contributed by atoms with Gasteiger partial charge in [-0.05, 0) is 30.5 Å². The Morgan fingerprint density at radius 1 is 1.42 bits per heavy atom. The van der Waals surface area contributed by atoms with Gasteiger partial charge in [0.05, 0.1) is 5.56 Å². The SMILES string of the molecule is CC1CC(n2ccc(N)nc2=O)O[C@]1(CF)COC(=O)c1ccccc1. The molecular formula is C18H20FN3O4. The highest BCUT2D eigenvalue weighted by molar-refractivity contribution is 5.89. The quantitative estimate of drug-likeness (QED) is 0.818. The molecule has 1 fully saturated rings. The fourth-order valence-electron chi connectivity index (χ4n) is 2.99. The van der Waals surface area contributed by atoms with E-state index in [9.17, 15) is 14.0 Å². The molecule has 0 aliphatic carbocycles. The van der Waals surface area contributed by atoms with Gasteiger partial charge < -0.3 is 15.2 Å². The third-order valence-corrected chi connectivity index (χ3v) is 4.67. The summed E-state index contributed by atoms with van der Waals surface area (Å²) in [5.74, 6) is -0.722. The Balaban J connectivity index is 1.74. The Labute approximate surface area is 149 Å². The second-order valence-corrected chi connectivity index (χ2v) is 6.39. The predicted octanol–water partition coefficient (Wildman–Crippen LogP) is 1.95. The van der Waals surface area contributed by atoms with Crippen molar-refractivity contribution in [2.24, 2.45) is 5.92 Å². The van der Waals surface area contributed by atoms with Crippen LogP contribution in [0.25, 0.3) is 0 Å². The van der Waals surface area contributed by atoms with Gasteiger partial charge in [0.2, 0.25) is 0 Å². The fraction of sp³-hybridized carbons (Fsp3) is 0.389. The third kappa shape index (κ3) is 3.45. The van der Waals surface area contributed by atoms with Gasteiger partial charge in [-0.1, -0.05) is 25.1 Å². The topological polar surface area (TPSA) is 96.4 Å². The average Bonchev–Trinajstić information content (AvgIpc) is 2.97. The minimum Gasteiger partial charge on any atom is -0.459 e. The van der Waals surface area contributed by atoms with Crippen LogP contribution >= 0.6 is 0 Å². The Kier molecular flexibility index (Phi) is 5.03. The van der Waals surface area contributed by atoms with E-state index >= 15 is 0 Å². The first-order valence-electron chi connectivity index (χ1n) is 8.26. The van der Waals surface area contributed by atoms with E-state index < -0.39 is 30.2 Å². The summed E-state index contributed by atoms with van der Waals surface area (Å²) in [6.45, 7) is 0.710. The molecule has 138 valence electrons. The van der Waals surface area contributed by atoms with Gasteiger partial charge in [-0.3, -0.25) is 4.57 Å². The van der Waals surface area contributed by atoms with Gasteiger partial charge in [-0.25, -0.2) is 14.0 Å². The normalized spacial score (nSPS) is 25.2. The second kappa shape index (κ2) is 7.25. The molecule has 7 nitrogen and oxygen atoms in total. The summed E-state index contributed by atoms with van der Waals surface area (Å²) >= 11 is 0. The van der Waals surface area contributed by atoms with Crippen LogP contribution in [0.1, 0.15) is 29.9 Å². The van der Waals surface area contributed by atoms with E-state index in [1.807, 2.05) is 0 Å². The zero-order chi connectivity index (χ0) is 18.7. The molecule has 2 aromatic rings. The number of halogens is 1. The Hall–Kier alpha value is -2.74. The molecule has 8 heteroatoms. The van der Waals surface area contributed by atoms with Crippen molar-refractivity contribution in [3.63, 3.8) is 0 Å². The van der Waals surface area contributed by atoms with E-state index in [2.05, 4.69) is 4.98 Å². The van der Waals surface area contributed by atoms with Gasteiger partial charge in [0.25, 0.3) is 0 Å². The monoisotopic (exact) mass is 361 g/mol. The van der Waals surface area contributed by atoms with Crippen LogP contribution in [0.2, 0.25) is 0 Å². The molecular weight excluding hydrogens is 341 g/mol. The minimum atomic E-state index is -1.31. The van der Waals surface area contributed by atoms with Gasteiger partial charge in [0, 0.05) is 6.20 Å². The summed E-state index contributed by atoms with van der Waals surface area (Å²) in [7, 11) is 0. The lowest BCUT2D eigenvalue weighted by Gasteiger charge is -2.29. The van der Waals surface area contributed by atoms with Crippen LogP contribution in [0.15, 0.2) is 47.4 Å². The molecule has 1 saturated heterocycles. The average molecular weight is 361 g/mol. The Morgan fingerprint density at radius 3 is 2.81 bits per heavy atom. The number of ether oxygens (including phenoxy) is 2. The van der Waals surface area contributed by atoms with Gasteiger partial charge in [-0.15, -0.1) is 0 Å². The second-order valence-electron chi connectivity index (χ2n) is 6.39. The summed E-state index contributed by atoms with van der Waals surface area (Å²) < 4.78 is 26.3. The van der Waals surface area contributed by atoms with Gasteiger partial charge in [0.1, 0.15) is 30.9 Å². The maximum absolute atomic E-state index is 13.9. The van der Waals surface area contributed by atoms with Crippen LogP contribution in [0, 0.1) is 5.92 Å². The summed E-state index contributed by atoms with van der Waals surface area (Å²) in [5, 5.41) is 0. The van der Waals surface area contributed by atoms with E-state index in [1.165, 1.54) is 16.8 Å². The van der Waals surface area contributed by atoms with E-state index in [-0.39, 0.29) is 18.3 Å². The third-order valence-electron chi connectivity index (χ3n) is 4.67. The summed E-state index contributed by atoms with van der Waals surface area (Å²) in [4.78, 5) is 27.8. The van der Waals surface area contributed by atoms with Gasteiger partial charge >= 0.3 is 11.7 Å². The van der Waals surface area contributed by atoms with Crippen molar-refractivity contribution < 1.29 is 18.7 Å². The number of hydrogen-bond donors (Lipinski definition) is 1. The van der Waals surface area contributed by atoms with Crippen LogP contribution in [-0.2, 0) is 9.47 Å². The molecule has 2 N–H and O–H groups in total. The zero-order valence-electron chi connectivity index (χ0n) is 14.3. The predicted molar refractivity (Wildman–Crippen MR) is 92.2 cm³/mol. The zero-order valence-corrected chi connectivity index (χ0v) is 14.3. The largest absolute Gasteiger partial charge is 0.459 e. The number of nitrogen functional groups attached to an aromatic ring is 1. The number of carbonyl (C=O) groups excluding carboxylic acids is 1. The molecule has 3 atom stereocenters. The van der Waals surface area contributed by atoms with E-state index in [4.69, 9.17) is 15.2 Å². The van der Waals surface area contributed by atoms with E-state index in [1.54, 1.807) is 37.3 Å².